The molecule has 1 aliphatic rings. The lowest BCUT2D eigenvalue weighted by Crippen LogP contribution is -2.49. The molecule has 2 rings (SSSR count). The zero-order chi connectivity index (χ0) is 13.7. The van der Waals surface area contributed by atoms with Crippen LogP contribution < -0.4 is 0 Å². The SMILES string of the molecule is COC(=O)[C@H]1CCCCN1C(=O)Cc1ccccc1. The topological polar surface area (TPSA) is 46.6 Å². The number of carbonyl (C=O) groups excluding carboxylic acids is 2. The third-order valence-corrected chi connectivity index (χ3v) is 3.49. The van der Waals surface area contributed by atoms with Crippen molar-refractivity contribution < 1.29 is 14.3 Å². The molecule has 0 bridgehead atoms. The van der Waals surface area contributed by atoms with Crippen LogP contribution in [-0.2, 0) is 20.7 Å². The fourth-order valence-electron chi connectivity index (χ4n) is 2.48. The van der Waals surface area contributed by atoms with Crippen LogP contribution in [0.2, 0.25) is 0 Å². The van der Waals surface area contributed by atoms with E-state index in [-0.39, 0.29) is 11.9 Å². The highest BCUT2D eigenvalue weighted by Crippen LogP contribution is 2.19. The van der Waals surface area contributed by atoms with Crippen molar-refractivity contribution in [3.8, 4) is 0 Å². The Kier molecular flexibility index (Phi) is 4.55. The van der Waals surface area contributed by atoms with Crippen molar-refractivity contribution in [1.29, 1.82) is 0 Å². The van der Waals surface area contributed by atoms with Crippen molar-refractivity contribution in [2.24, 2.45) is 0 Å². The van der Waals surface area contributed by atoms with Gasteiger partial charge in [-0.05, 0) is 24.8 Å². The van der Waals surface area contributed by atoms with Crippen molar-refractivity contribution in [3.63, 3.8) is 0 Å². The van der Waals surface area contributed by atoms with E-state index in [1.54, 1.807) is 4.90 Å². The number of benzene rings is 1. The van der Waals surface area contributed by atoms with Crippen LogP contribution >= 0.6 is 0 Å². The maximum absolute atomic E-state index is 12.3. The molecule has 0 radical (unpaired) electrons. The van der Waals surface area contributed by atoms with E-state index in [1.807, 2.05) is 30.3 Å². The van der Waals surface area contributed by atoms with Gasteiger partial charge in [0, 0.05) is 6.54 Å². The number of rotatable bonds is 3. The lowest BCUT2D eigenvalue weighted by molar-refractivity contribution is -0.154. The van der Waals surface area contributed by atoms with Gasteiger partial charge in [0.1, 0.15) is 6.04 Å². The third kappa shape index (κ3) is 3.34. The van der Waals surface area contributed by atoms with Gasteiger partial charge in [-0.15, -0.1) is 0 Å². The Bertz CT molecular complexity index is 444. The molecule has 1 aromatic carbocycles. The van der Waals surface area contributed by atoms with Crippen LogP contribution in [0.5, 0.6) is 0 Å². The van der Waals surface area contributed by atoms with Crippen molar-refractivity contribution in [3.05, 3.63) is 35.9 Å². The Morgan fingerprint density at radius 3 is 2.68 bits per heavy atom. The molecule has 0 aliphatic carbocycles. The first-order chi connectivity index (χ1) is 9.22. The highest BCUT2D eigenvalue weighted by molar-refractivity contribution is 5.85. The van der Waals surface area contributed by atoms with Gasteiger partial charge < -0.3 is 9.64 Å². The van der Waals surface area contributed by atoms with Gasteiger partial charge in [-0.2, -0.15) is 0 Å². The molecular weight excluding hydrogens is 242 g/mol. The molecule has 1 saturated heterocycles. The largest absolute Gasteiger partial charge is 0.467 e. The van der Waals surface area contributed by atoms with Crippen LogP contribution in [0.15, 0.2) is 30.3 Å². The van der Waals surface area contributed by atoms with Crippen molar-refractivity contribution in [1.82, 2.24) is 4.90 Å². The van der Waals surface area contributed by atoms with Gasteiger partial charge in [-0.1, -0.05) is 30.3 Å². The van der Waals surface area contributed by atoms with E-state index in [2.05, 4.69) is 0 Å². The molecule has 0 unspecified atom stereocenters. The van der Waals surface area contributed by atoms with E-state index < -0.39 is 6.04 Å². The molecule has 1 fully saturated rings. The summed E-state index contributed by atoms with van der Waals surface area (Å²) in [6.45, 7) is 0.644. The maximum atomic E-state index is 12.3. The summed E-state index contributed by atoms with van der Waals surface area (Å²) in [4.78, 5) is 25.7. The summed E-state index contributed by atoms with van der Waals surface area (Å²) in [7, 11) is 1.37. The summed E-state index contributed by atoms with van der Waals surface area (Å²) in [5.74, 6) is -0.303. The number of hydrogen-bond donors (Lipinski definition) is 0. The predicted molar refractivity (Wildman–Crippen MR) is 71.5 cm³/mol. The number of nitrogens with zero attached hydrogens (tertiary/aromatic N) is 1. The molecule has 1 atom stereocenters. The molecule has 0 aromatic heterocycles. The number of esters is 1. The van der Waals surface area contributed by atoms with Crippen LogP contribution in [0.4, 0.5) is 0 Å². The summed E-state index contributed by atoms with van der Waals surface area (Å²) in [5.41, 5.74) is 0.974. The minimum absolute atomic E-state index is 0.00120. The molecule has 0 saturated carbocycles. The molecule has 4 nitrogen and oxygen atoms in total. The Labute approximate surface area is 113 Å². The average Bonchev–Trinajstić information content (AvgIpc) is 2.47. The number of piperidine rings is 1. The molecule has 1 aromatic rings. The highest BCUT2D eigenvalue weighted by atomic mass is 16.5. The predicted octanol–water partition coefficient (Wildman–Crippen LogP) is 1.78. The summed E-state index contributed by atoms with van der Waals surface area (Å²) in [5, 5.41) is 0. The minimum Gasteiger partial charge on any atom is -0.467 e. The van der Waals surface area contributed by atoms with Crippen LogP contribution in [0.1, 0.15) is 24.8 Å². The first kappa shape index (κ1) is 13.6. The molecular formula is C15H19NO3. The monoisotopic (exact) mass is 261 g/mol. The summed E-state index contributed by atoms with van der Waals surface area (Å²) in [6.07, 6.45) is 2.96. The maximum Gasteiger partial charge on any atom is 0.328 e. The van der Waals surface area contributed by atoms with Gasteiger partial charge in [0.25, 0.3) is 0 Å². The molecule has 19 heavy (non-hydrogen) atoms. The van der Waals surface area contributed by atoms with Gasteiger partial charge in [0.2, 0.25) is 5.91 Å². The second kappa shape index (κ2) is 6.36. The first-order valence-corrected chi connectivity index (χ1v) is 6.63. The highest BCUT2D eigenvalue weighted by Gasteiger charge is 2.32. The fraction of sp³-hybridized carbons (Fsp3) is 0.467. The molecule has 0 N–H and O–H groups in total. The zero-order valence-electron chi connectivity index (χ0n) is 11.2. The van der Waals surface area contributed by atoms with E-state index in [4.69, 9.17) is 4.74 Å². The second-order valence-electron chi connectivity index (χ2n) is 4.78. The number of hydrogen-bond acceptors (Lipinski definition) is 3. The molecule has 102 valence electrons. The average molecular weight is 261 g/mol. The van der Waals surface area contributed by atoms with Gasteiger partial charge >= 0.3 is 5.97 Å². The Hall–Kier alpha value is -1.84. The van der Waals surface area contributed by atoms with Crippen LogP contribution in [0.3, 0.4) is 0 Å². The third-order valence-electron chi connectivity index (χ3n) is 3.49. The quantitative estimate of drug-likeness (QED) is 0.779. The zero-order valence-corrected chi connectivity index (χ0v) is 11.2. The summed E-state index contributed by atoms with van der Waals surface area (Å²) >= 11 is 0. The van der Waals surface area contributed by atoms with Crippen LogP contribution in [0, 0.1) is 0 Å². The number of ether oxygens (including phenoxy) is 1. The first-order valence-electron chi connectivity index (χ1n) is 6.63. The molecule has 1 amide bonds. The molecule has 1 aliphatic heterocycles. The summed E-state index contributed by atoms with van der Waals surface area (Å²) < 4.78 is 4.79. The van der Waals surface area contributed by atoms with E-state index in [0.717, 1.165) is 18.4 Å². The van der Waals surface area contributed by atoms with Gasteiger partial charge in [0.05, 0.1) is 13.5 Å². The van der Waals surface area contributed by atoms with Gasteiger partial charge in [0.15, 0.2) is 0 Å². The van der Waals surface area contributed by atoms with Gasteiger partial charge in [-0.25, -0.2) is 4.79 Å². The lowest BCUT2D eigenvalue weighted by atomic mass is 10.0. The minimum atomic E-state index is -0.407. The smallest absolute Gasteiger partial charge is 0.328 e. The molecule has 1 heterocycles. The standard InChI is InChI=1S/C15H19NO3/c1-19-15(18)13-9-5-6-10-16(13)14(17)11-12-7-3-2-4-8-12/h2-4,7-8,13H,5-6,9-11H2,1H3/t13-/m1/s1. The molecule has 0 spiro atoms. The number of amides is 1. The van der Waals surface area contributed by atoms with E-state index in [1.165, 1.54) is 7.11 Å². The summed E-state index contributed by atoms with van der Waals surface area (Å²) in [6, 6.07) is 9.19. The fourth-order valence-corrected chi connectivity index (χ4v) is 2.48. The normalized spacial score (nSPS) is 19.0. The van der Waals surface area contributed by atoms with Crippen molar-refractivity contribution in [2.75, 3.05) is 13.7 Å². The van der Waals surface area contributed by atoms with Crippen LogP contribution in [-0.4, -0.2) is 36.5 Å². The lowest BCUT2D eigenvalue weighted by Gasteiger charge is -2.33. The Balaban J connectivity index is 2.05. The van der Waals surface area contributed by atoms with Crippen molar-refractivity contribution in [2.45, 2.75) is 31.7 Å². The number of methoxy groups -OCH3 is 1. The Morgan fingerprint density at radius 2 is 2.00 bits per heavy atom. The van der Waals surface area contributed by atoms with E-state index >= 15 is 0 Å². The van der Waals surface area contributed by atoms with Gasteiger partial charge in [-0.3, -0.25) is 4.79 Å². The number of likely N-dealkylation sites (tertiary alicyclic amines) is 1. The van der Waals surface area contributed by atoms with E-state index in [0.29, 0.717) is 19.4 Å². The van der Waals surface area contributed by atoms with Crippen LogP contribution in [0.25, 0.3) is 0 Å². The number of carbonyl (C=O) groups is 2. The Morgan fingerprint density at radius 1 is 1.26 bits per heavy atom. The van der Waals surface area contributed by atoms with E-state index in [9.17, 15) is 9.59 Å². The molecule has 4 heteroatoms. The van der Waals surface area contributed by atoms with Crippen molar-refractivity contribution >= 4 is 11.9 Å². The second-order valence-corrected chi connectivity index (χ2v) is 4.78.